The van der Waals surface area contributed by atoms with Crippen molar-refractivity contribution in [2.45, 2.75) is 19.6 Å². The highest BCUT2D eigenvalue weighted by Gasteiger charge is 2.23. The van der Waals surface area contributed by atoms with Crippen molar-refractivity contribution in [1.29, 1.82) is 0 Å². The number of methoxy groups -OCH3 is 1. The molecular weight excluding hydrogens is 388 g/mol. The molecule has 3 rings (SSSR count). The van der Waals surface area contributed by atoms with Crippen molar-refractivity contribution in [3.63, 3.8) is 0 Å². The lowest BCUT2D eigenvalue weighted by atomic mass is 10.1. The van der Waals surface area contributed by atoms with E-state index in [1.54, 1.807) is 18.9 Å². The largest absolute Gasteiger partial charge is 0.496 e. The summed E-state index contributed by atoms with van der Waals surface area (Å²) in [4.78, 5) is 19.2. The lowest BCUT2D eigenvalue weighted by molar-refractivity contribution is -0.107. The van der Waals surface area contributed by atoms with Crippen LogP contribution in [-0.4, -0.2) is 29.7 Å². The predicted molar refractivity (Wildman–Crippen MR) is 122 cm³/mol. The number of carbonyl (C=O) groups excluding carboxylic acids is 1. The molecule has 28 heavy (non-hydrogen) atoms. The number of carbonyl (C=O) groups is 1. The van der Waals surface area contributed by atoms with Crippen LogP contribution in [0.2, 0.25) is 0 Å². The maximum atomic E-state index is 12.4. The zero-order valence-corrected chi connectivity index (χ0v) is 18.0. The van der Waals surface area contributed by atoms with Crippen LogP contribution in [0.3, 0.4) is 0 Å². The Morgan fingerprint density at radius 1 is 1.14 bits per heavy atom. The number of hydrogen-bond donors (Lipinski definition) is 0. The van der Waals surface area contributed by atoms with E-state index in [4.69, 9.17) is 4.74 Å². The van der Waals surface area contributed by atoms with Gasteiger partial charge in [0.25, 0.3) is 0 Å². The molecule has 6 heteroatoms. The molecule has 2 aromatic carbocycles. The van der Waals surface area contributed by atoms with Crippen LogP contribution in [0, 0.1) is 0 Å². The fraction of sp³-hybridized carbons (Fsp3) is 0.273. The summed E-state index contributed by atoms with van der Waals surface area (Å²) >= 11 is 2.79. The number of thioether (sulfide) groups is 2. The molecule has 0 N–H and O–H groups in total. The number of anilines is 1. The Bertz CT molecular complexity index is 891. The maximum Gasteiger partial charge on any atom is 0.244 e. The number of nitrogens with zero attached hydrogens (tertiary/aromatic N) is 2. The summed E-state index contributed by atoms with van der Waals surface area (Å²) in [5.74, 6) is 1.55. The van der Waals surface area contributed by atoms with E-state index in [-0.39, 0.29) is 5.12 Å². The van der Waals surface area contributed by atoms with E-state index in [9.17, 15) is 4.79 Å². The second kappa shape index (κ2) is 9.85. The summed E-state index contributed by atoms with van der Waals surface area (Å²) in [5.41, 5.74) is 3.66. The van der Waals surface area contributed by atoms with Crippen LogP contribution >= 0.6 is 23.5 Å². The zero-order chi connectivity index (χ0) is 19.9. The van der Waals surface area contributed by atoms with E-state index in [1.165, 1.54) is 17.3 Å². The van der Waals surface area contributed by atoms with Crippen molar-refractivity contribution in [3.8, 4) is 5.75 Å². The van der Waals surface area contributed by atoms with Gasteiger partial charge in [0.1, 0.15) is 15.8 Å². The molecule has 0 fully saturated rings. The molecule has 0 atom stereocenters. The first-order valence-corrected chi connectivity index (χ1v) is 11.1. The third-order valence-electron chi connectivity index (χ3n) is 4.44. The van der Waals surface area contributed by atoms with Gasteiger partial charge in [0.05, 0.1) is 7.11 Å². The third-order valence-corrected chi connectivity index (χ3v) is 6.52. The normalized spacial score (nSPS) is 15.0. The van der Waals surface area contributed by atoms with Gasteiger partial charge in [-0.25, -0.2) is 4.99 Å². The van der Waals surface area contributed by atoms with E-state index in [2.05, 4.69) is 41.9 Å². The predicted octanol–water partition coefficient (Wildman–Crippen LogP) is 5.45. The first-order valence-electron chi connectivity index (χ1n) is 9.26. The molecule has 2 aromatic rings. The lowest BCUT2D eigenvalue weighted by Gasteiger charge is -2.22. The van der Waals surface area contributed by atoms with Gasteiger partial charge in [-0.1, -0.05) is 42.1 Å². The van der Waals surface area contributed by atoms with Crippen molar-refractivity contribution in [3.05, 3.63) is 65.4 Å². The summed E-state index contributed by atoms with van der Waals surface area (Å²) in [5, 5.41) is -0.0227. The molecule has 0 aliphatic carbocycles. The molecule has 0 radical (unpaired) electrons. The molecule has 0 aromatic heterocycles. The van der Waals surface area contributed by atoms with Gasteiger partial charge >= 0.3 is 0 Å². The molecule has 146 valence electrons. The Kier molecular flexibility index (Phi) is 7.23. The summed E-state index contributed by atoms with van der Waals surface area (Å²) in [6, 6.07) is 16.3. The Morgan fingerprint density at radius 3 is 2.57 bits per heavy atom. The van der Waals surface area contributed by atoms with E-state index >= 15 is 0 Å². The highest BCUT2D eigenvalue weighted by atomic mass is 32.2. The minimum atomic E-state index is -0.0227. The topological polar surface area (TPSA) is 41.9 Å². The fourth-order valence-corrected chi connectivity index (χ4v) is 4.72. The average Bonchev–Trinajstić information content (AvgIpc) is 3.08. The summed E-state index contributed by atoms with van der Waals surface area (Å²) in [7, 11) is 1.65. The Balaban J connectivity index is 1.78. The number of ether oxygens (including phenoxy) is 1. The number of hydrogen-bond acceptors (Lipinski definition) is 6. The van der Waals surface area contributed by atoms with Crippen LogP contribution in [0.5, 0.6) is 5.75 Å². The van der Waals surface area contributed by atoms with Gasteiger partial charge in [-0.15, -0.1) is 0 Å². The van der Waals surface area contributed by atoms with Crippen molar-refractivity contribution in [2.75, 3.05) is 25.1 Å². The van der Waals surface area contributed by atoms with E-state index in [0.29, 0.717) is 5.70 Å². The van der Waals surface area contributed by atoms with Crippen molar-refractivity contribution in [2.24, 2.45) is 4.99 Å². The molecule has 1 aliphatic heterocycles. The van der Waals surface area contributed by atoms with Gasteiger partial charge in [0, 0.05) is 36.2 Å². The first-order chi connectivity index (χ1) is 13.6. The van der Waals surface area contributed by atoms with Gasteiger partial charge in [-0.2, -0.15) is 0 Å². The molecule has 0 spiro atoms. The molecule has 0 saturated carbocycles. The quantitative estimate of drug-likeness (QED) is 0.566. The standard InChI is InChI=1S/C22H24N2O2S2/c1-4-24(5-2)18-12-11-17(20(14-18)26-3)13-19-21(25)28-22(23-19)27-15-16-9-7-6-8-10-16/h6-14H,4-5,15H2,1-3H3/b19-13-. The van der Waals surface area contributed by atoms with Crippen LogP contribution in [0.1, 0.15) is 25.0 Å². The first kappa shape index (κ1) is 20.6. The minimum absolute atomic E-state index is 0.0227. The van der Waals surface area contributed by atoms with Gasteiger partial charge in [0.2, 0.25) is 5.12 Å². The average molecular weight is 413 g/mol. The highest BCUT2D eigenvalue weighted by molar-refractivity contribution is 8.45. The monoisotopic (exact) mass is 412 g/mol. The van der Waals surface area contributed by atoms with Crippen LogP contribution < -0.4 is 9.64 Å². The Morgan fingerprint density at radius 2 is 1.89 bits per heavy atom. The summed E-state index contributed by atoms with van der Waals surface area (Å²) in [6.07, 6.45) is 1.82. The second-order valence-electron chi connectivity index (χ2n) is 6.17. The van der Waals surface area contributed by atoms with Crippen LogP contribution in [0.4, 0.5) is 5.69 Å². The molecule has 0 amide bonds. The molecule has 0 bridgehead atoms. The van der Waals surface area contributed by atoms with E-state index in [1.807, 2.05) is 36.4 Å². The minimum Gasteiger partial charge on any atom is -0.496 e. The number of benzene rings is 2. The fourth-order valence-electron chi connectivity index (χ4n) is 2.92. The van der Waals surface area contributed by atoms with Crippen LogP contribution in [-0.2, 0) is 10.5 Å². The second-order valence-corrected chi connectivity index (χ2v) is 8.35. The van der Waals surface area contributed by atoms with Crippen molar-refractivity contribution in [1.82, 2.24) is 0 Å². The van der Waals surface area contributed by atoms with Crippen molar-refractivity contribution >= 4 is 44.8 Å². The van der Waals surface area contributed by atoms with Gasteiger partial charge < -0.3 is 9.64 Å². The number of rotatable bonds is 7. The SMILES string of the molecule is CCN(CC)c1ccc(/C=C2\N=C(SCc3ccccc3)SC2=O)c(OC)c1. The molecule has 1 aliphatic rings. The number of aliphatic imine (C=N–C) groups is 1. The highest BCUT2D eigenvalue weighted by Crippen LogP contribution is 2.34. The van der Waals surface area contributed by atoms with E-state index in [0.717, 1.165) is 40.2 Å². The molecule has 0 unspecified atom stereocenters. The third kappa shape index (κ3) is 5.00. The van der Waals surface area contributed by atoms with Gasteiger partial charge in [-0.3, -0.25) is 4.79 Å². The molecule has 1 heterocycles. The maximum absolute atomic E-state index is 12.4. The molecule has 0 saturated heterocycles. The lowest BCUT2D eigenvalue weighted by Crippen LogP contribution is -2.21. The Labute approximate surface area is 175 Å². The van der Waals surface area contributed by atoms with Gasteiger partial charge in [0.15, 0.2) is 0 Å². The van der Waals surface area contributed by atoms with Crippen LogP contribution in [0.25, 0.3) is 6.08 Å². The molecular formula is C22H24N2O2S2. The van der Waals surface area contributed by atoms with E-state index < -0.39 is 0 Å². The smallest absolute Gasteiger partial charge is 0.244 e. The summed E-state index contributed by atoms with van der Waals surface area (Å²) < 4.78 is 6.35. The van der Waals surface area contributed by atoms with Crippen LogP contribution in [0.15, 0.2) is 59.2 Å². The Hall–Kier alpha value is -2.18. The zero-order valence-electron chi connectivity index (χ0n) is 16.3. The molecule has 4 nitrogen and oxygen atoms in total. The summed E-state index contributed by atoms with van der Waals surface area (Å²) in [6.45, 7) is 6.12. The van der Waals surface area contributed by atoms with Crippen molar-refractivity contribution < 1.29 is 9.53 Å². The van der Waals surface area contributed by atoms with Gasteiger partial charge in [-0.05, 0) is 49.4 Å².